The van der Waals surface area contributed by atoms with E-state index in [1.165, 1.54) is 0 Å². The highest BCUT2D eigenvalue weighted by Crippen LogP contribution is 2.35. The second-order valence-corrected chi connectivity index (χ2v) is 7.71. The minimum absolute atomic E-state index is 0.00732. The number of benzene rings is 1. The summed E-state index contributed by atoms with van der Waals surface area (Å²) in [7, 11) is 0. The van der Waals surface area contributed by atoms with Crippen molar-refractivity contribution in [2.75, 3.05) is 13.1 Å². The summed E-state index contributed by atoms with van der Waals surface area (Å²) in [6.07, 6.45) is 3.69. The zero-order valence-corrected chi connectivity index (χ0v) is 16.2. The van der Waals surface area contributed by atoms with E-state index in [1.807, 2.05) is 82.1 Å². The summed E-state index contributed by atoms with van der Waals surface area (Å²) < 4.78 is 2.03. The van der Waals surface area contributed by atoms with Gasteiger partial charge in [0.15, 0.2) is 0 Å². The van der Waals surface area contributed by atoms with Gasteiger partial charge >= 0.3 is 0 Å². The number of amides is 2. The lowest BCUT2D eigenvalue weighted by molar-refractivity contribution is 0.0547. The Balaban J connectivity index is 1.48. The average Bonchev–Trinajstić information content (AvgIpc) is 3.39. The van der Waals surface area contributed by atoms with Crippen LogP contribution in [0.4, 0.5) is 0 Å². The molecule has 2 aromatic heterocycles. The third kappa shape index (κ3) is 2.92. The van der Waals surface area contributed by atoms with Crippen molar-refractivity contribution in [1.29, 1.82) is 0 Å². The van der Waals surface area contributed by atoms with Crippen molar-refractivity contribution in [3.8, 4) is 0 Å². The van der Waals surface area contributed by atoms with Gasteiger partial charge in [0.25, 0.3) is 11.8 Å². The highest BCUT2D eigenvalue weighted by molar-refractivity contribution is 5.97. The van der Waals surface area contributed by atoms with Crippen LogP contribution in [-0.4, -0.2) is 50.3 Å². The number of aryl methyl sites for hydroxylation is 1. The van der Waals surface area contributed by atoms with Crippen molar-refractivity contribution < 1.29 is 9.59 Å². The lowest BCUT2D eigenvalue weighted by Crippen LogP contribution is -2.50. The smallest absolute Gasteiger partial charge is 0.271 e. The largest absolute Gasteiger partial charge is 0.337 e. The maximum absolute atomic E-state index is 13.2. The van der Waals surface area contributed by atoms with Crippen molar-refractivity contribution in [1.82, 2.24) is 19.4 Å². The number of hydrogen-bond donors (Lipinski definition) is 0. The molecule has 2 atom stereocenters. The first-order valence-corrected chi connectivity index (χ1v) is 9.86. The molecule has 0 unspecified atom stereocenters. The fraction of sp³-hybridized carbons (Fsp3) is 0.261. The highest BCUT2D eigenvalue weighted by Gasteiger charge is 2.46. The van der Waals surface area contributed by atoms with Crippen LogP contribution in [0.3, 0.4) is 0 Å². The molecule has 0 N–H and O–H groups in total. The van der Waals surface area contributed by atoms with Crippen LogP contribution in [0.15, 0.2) is 67.0 Å². The second kappa shape index (κ2) is 6.88. The van der Waals surface area contributed by atoms with Gasteiger partial charge in [-0.05, 0) is 42.8 Å². The summed E-state index contributed by atoms with van der Waals surface area (Å²) in [5, 5.41) is 0. The fourth-order valence-electron chi connectivity index (χ4n) is 4.52. The van der Waals surface area contributed by atoms with Crippen LogP contribution in [0.1, 0.15) is 38.1 Å². The van der Waals surface area contributed by atoms with Gasteiger partial charge in [-0.1, -0.05) is 24.3 Å². The Morgan fingerprint density at radius 2 is 1.83 bits per heavy atom. The van der Waals surface area contributed by atoms with Crippen LogP contribution in [0.25, 0.3) is 0 Å². The summed E-state index contributed by atoms with van der Waals surface area (Å²) in [5.74, 6) is 0.0172. The molecule has 0 spiro atoms. The van der Waals surface area contributed by atoms with Crippen molar-refractivity contribution >= 4 is 11.8 Å². The number of likely N-dealkylation sites (tertiary alicyclic amines) is 1. The number of rotatable bonds is 3. The number of hydrogen-bond acceptors (Lipinski definition) is 3. The van der Waals surface area contributed by atoms with E-state index < -0.39 is 0 Å². The van der Waals surface area contributed by atoms with Crippen molar-refractivity contribution in [3.63, 3.8) is 0 Å². The molecule has 2 aliphatic rings. The first-order valence-electron chi connectivity index (χ1n) is 9.86. The standard InChI is InChI=1S/C23H22N4O2/c1-16-7-2-3-9-18(16)22(28)25-14-20-21(15-25)27(13-17-8-4-5-11-24-17)23(29)19-10-6-12-26(19)20/h2-12,20-21H,13-15H2,1H3/t20-,21-/m1/s1. The Labute approximate surface area is 169 Å². The van der Waals surface area contributed by atoms with Crippen LogP contribution >= 0.6 is 0 Å². The Morgan fingerprint density at radius 3 is 2.62 bits per heavy atom. The van der Waals surface area contributed by atoms with Gasteiger partial charge in [-0.25, -0.2) is 0 Å². The first kappa shape index (κ1) is 17.7. The topological polar surface area (TPSA) is 58.4 Å². The molecule has 3 aromatic rings. The van der Waals surface area contributed by atoms with Crippen molar-refractivity contribution in [2.45, 2.75) is 25.6 Å². The summed E-state index contributed by atoms with van der Waals surface area (Å²) >= 11 is 0. The molecule has 6 heteroatoms. The molecule has 0 aliphatic carbocycles. The van der Waals surface area contributed by atoms with Gasteiger partial charge in [-0.15, -0.1) is 0 Å². The minimum Gasteiger partial charge on any atom is -0.337 e. The summed E-state index contributed by atoms with van der Waals surface area (Å²) in [4.78, 5) is 34.6. The number of carbonyl (C=O) groups is 2. The highest BCUT2D eigenvalue weighted by atomic mass is 16.2. The Hall–Kier alpha value is -3.41. The fourth-order valence-corrected chi connectivity index (χ4v) is 4.52. The van der Waals surface area contributed by atoms with Gasteiger partial charge < -0.3 is 14.4 Å². The van der Waals surface area contributed by atoms with E-state index in [0.29, 0.717) is 25.3 Å². The van der Waals surface area contributed by atoms with E-state index in [2.05, 4.69) is 4.98 Å². The number of fused-ring (bicyclic) bond motifs is 3. The molecule has 6 nitrogen and oxygen atoms in total. The molecule has 2 aliphatic heterocycles. The lowest BCUT2D eigenvalue weighted by Gasteiger charge is -2.37. The number of carbonyl (C=O) groups excluding carboxylic acids is 2. The first-order chi connectivity index (χ1) is 14.1. The third-order valence-corrected chi connectivity index (χ3v) is 6.00. The van der Waals surface area contributed by atoms with E-state index in [9.17, 15) is 9.59 Å². The molecule has 0 radical (unpaired) electrons. The van der Waals surface area contributed by atoms with Gasteiger partial charge in [0, 0.05) is 31.0 Å². The van der Waals surface area contributed by atoms with E-state index in [-0.39, 0.29) is 23.9 Å². The van der Waals surface area contributed by atoms with Crippen LogP contribution < -0.4 is 0 Å². The monoisotopic (exact) mass is 386 g/mol. The second-order valence-electron chi connectivity index (χ2n) is 7.71. The summed E-state index contributed by atoms with van der Waals surface area (Å²) in [6, 6.07) is 17.1. The number of aromatic nitrogens is 2. The molecule has 146 valence electrons. The molecule has 5 rings (SSSR count). The Morgan fingerprint density at radius 1 is 1.03 bits per heavy atom. The molecule has 4 heterocycles. The molecule has 1 aromatic carbocycles. The quantitative estimate of drug-likeness (QED) is 0.695. The average molecular weight is 386 g/mol. The zero-order valence-electron chi connectivity index (χ0n) is 16.2. The molecule has 2 amide bonds. The van der Waals surface area contributed by atoms with Gasteiger partial charge in [-0.3, -0.25) is 14.6 Å². The molecular weight excluding hydrogens is 364 g/mol. The van der Waals surface area contributed by atoms with Gasteiger partial charge in [-0.2, -0.15) is 0 Å². The van der Waals surface area contributed by atoms with Crippen LogP contribution in [0, 0.1) is 6.92 Å². The SMILES string of the molecule is Cc1ccccc1C(=O)N1C[C@@H]2[C@@H](C1)n1cccc1C(=O)N2Cc1ccccn1. The predicted molar refractivity (Wildman–Crippen MR) is 108 cm³/mol. The molecule has 1 fully saturated rings. The number of pyridine rings is 1. The minimum atomic E-state index is -0.0719. The maximum Gasteiger partial charge on any atom is 0.271 e. The zero-order chi connectivity index (χ0) is 20.0. The van der Waals surface area contributed by atoms with Crippen molar-refractivity contribution in [2.24, 2.45) is 0 Å². The summed E-state index contributed by atoms with van der Waals surface area (Å²) in [6.45, 7) is 3.51. The Bertz CT molecular complexity index is 1080. The number of nitrogens with zero attached hydrogens (tertiary/aromatic N) is 4. The third-order valence-electron chi connectivity index (χ3n) is 6.00. The van der Waals surface area contributed by atoms with Gasteiger partial charge in [0.05, 0.1) is 24.3 Å². The predicted octanol–water partition coefficient (Wildman–Crippen LogP) is 2.91. The van der Waals surface area contributed by atoms with E-state index in [4.69, 9.17) is 0 Å². The summed E-state index contributed by atoms with van der Waals surface area (Å²) in [5.41, 5.74) is 3.22. The van der Waals surface area contributed by atoms with Gasteiger partial charge in [0.1, 0.15) is 5.69 Å². The van der Waals surface area contributed by atoms with Gasteiger partial charge in [0.2, 0.25) is 0 Å². The lowest BCUT2D eigenvalue weighted by atomic mass is 10.1. The van der Waals surface area contributed by atoms with Crippen molar-refractivity contribution in [3.05, 3.63) is 89.5 Å². The molecule has 1 saturated heterocycles. The molecule has 29 heavy (non-hydrogen) atoms. The van der Waals surface area contributed by atoms with Crippen LogP contribution in [0.5, 0.6) is 0 Å². The van der Waals surface area contributed by atoms with Crippen LogP contribution in [0.2, 0.25) is 0 Å². The normalized spacial score (nSPS) is 20.5. The maximum atomic E-state index is 13.2. The van der Waals surface area contributed by atoms with E-state index in [1.54, 1.807) is 6.20 Å². The van der Waals surface area contributed by atoms with E-state index in [0.717, 1.165) is 16.8 Å². The molecule has 0 saturated carbocycles. The molecule has 0 bridgehead atoms. The molecular formula is C23H22N4O2. The van der Waals surface area contributed by atoms with E-state index >= 15 is 0 Å². The Kier molecular flexibility index (Phi) is 4.19. The van der Waals surface area contributed by atoms with Crippen LogP contribution in [-0.2, 0) is 6.54 Å².